The first-order chi connectivity index (χ1) is 9.30. The van der Waals surface area contributed by atoms with Gasteiger partial charge in [-0.3, -0.25) is 0 Å². The zero-order valence-electron chi connectivity index (χ0n) is 12.8. The number of rotatable bonds is 5. The van der Waals surface area contributed by atoms with E-state index in [-0.39, 0.29) is 6.04 Å². The van der Waals surface area contributed by atoms with Crippen molar-refractivity contribution in [3.05, 3.63) is 24.3 Å². The second kappa shape index (κ2) is 7.03. The molecule has 112 valence electrons. The van der Waals surface area contributed by atoms with Gasteiger partial charge in [0.25, 0.3) is 0 Å². The minimum absolute atomic E-state index is 0.0352. The van der Waals surface area contributed by atoms with Crippen molar-refractivity contribution in [2.45, 2.75) is 39.3 Å². The van der Waals surface area contributed by atoms with Gasteiger partial charge < -0.3 is 20.1 Å². The number of hydrogen-bond donors (Lipinski definition) is 2. The molecule has 5 heteroatoms. The van der Waals surface area contributed by atoms with Crippen LogP contribution >= 0.6 is 0 Å². The highest BCUT2D eigenvalue weighted by Crippen LogP contribution is 2.14. The Bertz CT molecular complexity index is 424. The summed E-state index contributed by atoms with van der Waals surface area (Å²) in [6.45, 7) is 8.05. The van der Waals surface area contributed by atoms with E-state index in [0.29, 0.717) is 6.54 Å². The lowest BCUT2D eigenvalue weighted by Gasteiger charge is -2.22. The Balaban J connectivity index is 2.35. The van der Waals surface area contributed by atoms with Crippen molar-refractivity contribution in [2.24, 2.45) is 0 Å². The van der Waals surface area contributed by atoms with E-state index in [1.165, 1.54) is 0 Å². The molecule has 20 heavy (non-hydrogen) atoms. The maximum atomic E-state index is 11.6. The Kier molecular flexibility index (Phi) is 5.67. The Hall–Kier alpha value is -1.91. The normalized spacial score (nSPS) is 12.4. The van der Waals surface area contributed by atoms with Gasteiger partial charge in [-0.25, -0.2) is 4.79 Å². The van der Waals surface area contributed by atoms with E-state index in [2.05, 4.69) is 10.6 Å². The molecule has 0 aliphatic heterocycles. The van der Waals surface area contributed by atoms with Gasteiger partial charge in [-0.05, 0) is 52.0 Å². The van der Waals surface area contributed by atoms with E-state index in [4.69, 9.17) is 9.47 Å². The first-order valence-corrected chi connectivity index (χ1v) is 6.67. The van der Waals surface area contributed by atoms with Gasteiger partial charge in [0.05, 0.1) is 7.11 Å². The highest BCUT2D eigenvalue weighted by Gasteiger charge is 2.17. The van der Waals surface area contributed by atoms with Crippen LogP contribution in [-0.4, -0.2) is 31.4 Å². The van der Waals surface area contributed by atoms with Gasteiger partial charge in [0.2, 0.25) is 0 Å². The molecular formula is C15H24N2O3. The number of methoxy groups -OCH3 is 1. The van der Waals surface area contributed by atoms with Crippen molar-refractivity contribution >= 4 is 11.8 Å². The van der Waals surface area contributed by atoms with Crippen LogP contribution in [0.5, 0.6) is 5.75 Å². The van der Waals surface area contributed by atoms with E-state index < -0.39 is 11.7 Å². The van der Waals surface area contributed by atoms with E-state index in [1.54, 1.807) is 7.11 Å². The molecule has 1 atom stereocenters. The quantitative estimate of drug-likeness (QED) is 0.870. The summed E-state index contributed by atoms with van der Waals surface area (Å²) in [5.74, 6) is 0.815. The third-order valence-corrected chi connectivity index (χ3v) is 2.47. The van der Waals surface area contributed by atoms with Crippen LogP contribution in [0.25, 0.3) is 0 Å². The molecule has 0 heterocycles. The molecule has 0 saturated heterocycles. The standard InChI is InChI=1S/C15H24N2O3/c1-11(17-14(18)20-15(2,3)4)10-16-12-6-8-13(19-5)9-7-12/h6-9,11,16H,10H2,1-5H3,(H,17,18)/t11-/m0/s1. The molecule has 1 aromatic carbocycles. The summed E-state index contributed by atoms with van der Waals surface area (Å²) in [5, 5.41) is 6.02. The van der Waals surface area contributed by atoms with Crippen molar-refractivity contribution in [1.29, 1.82) is 0 Å². The van der Waals surface area contributed by atoms with Gasteiger partial charge in [0.1, 0.15) is 11.4 Å². The fraction of sp³-hybridized carbons (Fsp3) is 0.533. The summed E-state index contributed by atoms with van der Waals surface area (Å²) < 4.78 is 10.3. The SMILES string of the molecule is COc1ccc(NC[C@H](C)NC(=O)OC(C)(C)C)cc1. The van der Waals surface area contributed by atoms with Crippen LogP contribution in [0.15, 0.2) is 24.3 Å². The number of carbonyl (C=O) groups is 1. The monoisotopic (exact) mass is 280 g/mol. The lowest BCUT2D eigenvalue weighted by atomic mass is 10.2. The molecule has 2 N–H and O–H groups in total. The fourth-order valence-electron chi connectivity index (χ4n) is 1.54. The molecule has 1 rings (SSSR count). The van der Waals surface area contributed by atoms with Gasteiger partial charge in [0, 0.05) is 18.3 Å². The summed E-state index contributed by atoms with van der Waals surface area (Å²) in [6, 6.07) is 7.59. The minimum atomic E-state index is -0.479. The van der Waals surface area contributed by atoms with Crippen LogP contribution in [0, 0.1) is 0 Å². The minimum Gasteiger partial charge on any atom is -0.497 e. The van der Waals surface area contributed by atoms with Crippen molar-refractivity contribution in [3.63, 3.8) is 0 Å². The highest BCUT2D eigenvalue weighted by molar-refractivity contribution is 5.68. The van der Waals surface area contributed by atoms with Crippen LogP contribution in [0.4, 0.5) is 10.5 Å². The number of nitrogens with one attached hydrogen (secondary N) is 2. The van der Waals surface area contributed by atoms with Gasteiger partial charge in [-0.1, -0.05) is 0 Å². The van der Waals surface area contributed by atoms with E-state index in [9.17, 15) is 4.79 Å². The zero-order valence-corrected chi connectivity index (χ0v) is 12.8. The molecule has 0 spiro atoms. The summed E-state index contributed by atoms with van der Waals surface area (Å²) in [7, 11) is 1.63. The van der Waals surface area contributed by atoms with Crippen molar-refractivity contribution in [2.75, 3.05) is 19.0 Å². The van der Waals surface area contributed by atoms with Gasteiger partial charge in [0.15, 0.2) is 0 Å². The van der Waals surface area contributed by atoms with Crippen LogP contribution in [0.1, 0.15) is 27.7 Å². The molecule has 0 aliphatic carbocycles. The fourth-order valence-corrected chi connectivity index (χ4v) is 1.54. The average molecular weight is 280 g/mol. The molecule has 0 aliphatic rings. The molecule has 1 aromatic rings. The number of alkyl carbamates (subject to hydrolysis) is 1. The van der Waals surface area contributed by atoms with E-state index >= 15 is 0 Å². The predicted octanol–water partition coefficient (Wildman–Crippen LogP) is 3.02. The van der Waals surface area contributed by atoms with E-state index in [1.807, 2.05) is 52.0 Å². The molecule has 0 saturated carbocycles. The molecule has 0 fully saturated rings. The summed E-state index contributed by atoms with van der Waals surface area (Å²) >= 11 is 0. The molecular weight excluding hydrogens is 256 g/mol. The van der Waals surface area contributed by atoms with Gasteiger partial charge in [-0.15, -0.1) is 0 Å². The molecule has 0 radical (unpaired) electrons. The zero-order chi connectivity index (χ0) is 15.2. The third-order valence-electron chi connectivity index (χ3n) is 2.47. The van der Waals surface area contributed by atoms with Gasteiger partial charge >= 0.3 is 6.09 Å². The van der Waals surface area contributed by atoms with Crippen LogP contribution in [0.3, 0.4) is 0 Å². The third kappa shape index (κ3) is 6.31. The molecule has 1 amide bonds. The second-order valence-electron chi connectivity index (χ2n) is 5.66. The smallest absolute Gasteiger partial charge is 0.407 e. The molecule has 5 nitrogen and oxygen atoms in total. The van der Waals surface area contributed by atoms with Crippen LogP contribution in [0.2, 0.25) is 0 Å². The second-order valence-corrected chi connectivity index (χ2v) is 5.66. The largest absolute Gasteiger partial charge is 0.497 e. The van der Waals surface area contributed by atoms with Crippen molar-refractivity contribution in [1.82, 2.24) is 5.32 Å². The molecule has 0 aromatic heterocycles. The topological polar surface area (TPSA) is 59.6 Å². The first kappa shape index (κ1) is 16.1. The van der Waals surface area contributed by atoms with Crippen molar-refractivity contribution in [3.8, 4) is 5.75 Å². The predicted molar refractivity (Wildman–Crippen MR) is 80.3 cm³/mol. The maximum Gasteiger partial charge on any atom is 0.407 e. The number of amides is 1. The lowest BCUT2D eigenvalue weighted by Crippen LogP contribution is -2.40. The summed E-state index contributed by atoms with van der Waals surface area (Å²) in [6.07, 6.45) is -0.401. The number of hydrogen-bond acceptors (Lipinski definition) is 4. The average Bonchev–Trinajstić information content (AvgIpc) is 2.34. The number of benzene rings is 1. The van der Waals surface area contributed by atoms with Crippen LogP contribution in [-0.2, 0) is 4.74 Å². The number of anilines is 1. The number of carbonyl (C=O) groups excluding carboxylic acids is 1. The molecule has 0 unspecified atom stereocenters. The lowest BCUT2D eigenvalue weighted by molar-refractivity contribution is 0.0511. The Morgan fingerprint density at radius 2 is 1.85 bits per heavy atom. The van der Waals surface area contributed by atoms with Crippen LogP contribution < -0.4 is 15.4 Å². The highest BCUT2D eigenvalue weighted by atomic mass is 16.6. The van der Waals surface area contributed by atoms with Crippen molar-refractivity contribution < 1.29 is 14.3 Å². The Labute approximate surface area is 120 Å². The number of ether oxygens (including phenoxy) is 2. The summed E-state index contributed by atoms with van der Waals surface area (Å²) in [4.78, 5) is 11.6. The Morgan fingerprint density at radius 3 is 2.35 bits per heavy atom. The van der Waals surface area contributed by atoms with E-state index in [0.717, 1.165) is 11.4 Å². The Morgan fingerprint density at radius 1 is 1.25 bits per heavy atom. The molecule has 0 bridgehead atoms. The maximum absolute atomic E-state index is 11.6. The van der Waals surface area contributed by atoms with Gasteiger partial charge in [-0.2, -0.15) is 0 Å². The first-order valence-electron chi connectivity index (χ1n) is 6.67. The summed E-state index contributed by atoms with van der Waals surface area (Å²) in [5.41, 5.74) is 0.497.